The highest BCUT2D eigenvalue weighted by molar-refractivity contribution is 6.12. The number of esters is 1. The zero-order valence-corrected chi connectivity index (χ0v) is 21.0. The number of carboxylic acids is 1. The lowest BCUT2D eigenvalue weighted by atomic mass is 9.91. The molecular formula is C30H26N2O7. The molecule has 2 aliphatic heterocycles. The molecule has 2 saturated heterocycles. The molecule has 2 amide bonds. The van der Waals surface area contributed by atoms with Crippen LogP contribution in [0, 0.1) is 5.92 Å². The summed E-state index contributed by atoms with van der Waals surface area (Å²) in [5.74, 6) is -6.41. The molecule has 0 aromatic heterocycles. The molecule has 2 N–H and O–H groups in total. The molecule has 2 heterocycles. The summed E-state index contributed by atoms with van der Waals surface area (Å²) < 4.78 is 5.95. The molecule has 2 aliphatic rings. The van der Waals surface area contributed by atoms with E-state index in [1.165, 1.54) is 6.92 Å². The number of β-lactam (4-membered cyclic amide) rings is 1. The smallest absolute Gasteiger partial charge is 0.327 e. The van der Waals surface area contributed by atoms with Crippen molar-refractivity contribution in [1.82, 2.24) is 10.2 Å². The number of carbonyl (C=O) groups is 5. The lowest BCUT2D eigenvalue weighted by Crippen LogP contribution is -2.72. The topological polar surface area (TPSA) is 130 Å². The van der Waals surface area contributed by atoms with Gasteiger partial charge in [0.1, 0.15) is 18.1 Å². The van der Waals surface area contributed by atoms with Crippen LogP contribution in [0.25, 0.3) is 0 Å². The zero-order chi connectivity index (χ0) is 27.7. The minimum Gasteiger partial charge on any atom is -0.480 e. The van der Waals surface area contributed by atoms with Crippen LogP contribution < -0.4 is 5.32 Å². The summed E-state index contributed by atoms with van der Waals surface area (Å²) in [4.78, 5) is 65.5. The Morgan fingerprint density at radius 3 is 1.79 bits per heavy atom. The van der Waals surface area contributed by atoms with E-state index in [9.17, 15) is 29.1 Å². The second kappa shape index (κ2) is 10.5. The number of benzene rings is 3. The van der Waals surface area contributed by atoms with E-state index in [0.29, 0.717) is 16.7 Å². The summed E-state index contributed by atoms with van der Waals surface area (Å²) in [6.07, 6.45) is -0.798. The van der Waals surface area contributed by atoms with Crippen molar-refractivity contribution in [3.8, 4) is 0 Å². The van der Waals surface area contributed by atoms with Gasteiger partial charge in [-0.15, -0.1) is 0 Å². The fourth-order valence-electron chi connectivity index (χ4n) is 5.31. The van der Waals surface area contributed by atoms with E-state index in [0.717, 1.165) is 4.90 Å². The van der Waals surface area contributed by atoms with Crippen molar-refractivity contribution in [2.75, 3.05) is 0 Å². The summed E-state index contributed by atoms with van der Waals surface area (Å²) in [6.45, 7) is 1.45. The third-order valence-corrected chi connectivity index (χ3v) is 7.27. The lowest BCUT2D eigenvalue weighted by Gasteiger charge is -2.43. The Balaban J connectivity index is 1.42. The molecule has 9 nitrogen and oxygen atoms in total. The number of Topliss-reactive ketones (excluding diaryl/α,β-unsaturated/α-hetero) is 1. The lowest BCUT2D eigenvalue weighted by molar-refractivity contribution is -0.163. The van der Waals surface area contributed by atoms with E-state index < -0.39 is 65.6 Å². The highest BCUT2D eigenvalue weighted by Gasteiger charge is 2.64. The van der Waals surface area contributed by atoms with Crippen LogP contribution in [0.2, 0.25) is 0 Å². The maximum Gasteiger partial charge on any atom is 0.327 e. The van der Waals surface area contributed by atoms with Gasteiger partial charge in [0.25, 0.3) is 0 Å². The largest absolute Gasteiger partial charge is 0.480 e. The molecule has 0 aliphatic carbocycles. The normalized spacial score (nSPS) is 22.6. The maximum atomic E-state index is 13.7. The Kier molecular flexibility index (Phi) is 6.98. The minimum atomic E-state index is -1.44. The SMILES string of the molecule is CC1C(=O)[C@@H]2C(NC(=O)C(C(=O)OC(c3ccccc3)c3ccccc3)c3ccccc3)C(=O)N2C1C(=O)O. The zero-order valence-electron chi connectivity index (χ0n) is 21.0. The van der Waals surface area contributed by atoms with Crippen LogP contribution in [-0.4, -0.2) is 57.7 Å². The molecule has 3 aromatic rings. The predicted octanol–water partition coefficient (Wildman–Crippen LogP) is 2.47. The van der Waals surface area contributed by atoms with Crippen molar-refractivity contribution < 1.29 is 33.8 Å². The first-order valence-corrected chi connectivity index (χ1v) is 12.5. The van der Waals surface area contributed by atoms with Gasteiger partial charge in [-0.1, -0.05) is 97.9 Å². The predicted molar refractivity (Wildman–Crippen MR) is 138 cm³/mol. The number of nitrogens with one attached hydrogen (secondary N) is 1. The average molecular weight is 527 g/mol. The molecule has 0 spiro atoms. The molecular weight excluding hydrogens is 500 g/mol. The van der Waals surface area contributed by atoms with Gasteiger partial charge in [0.2, 0.25) is 11.8 Å². The Morgan fingerprint density at radius 1 is 0.821 bits per heavy atom. The monoisotopic (exact) mass is 526 g/mol. The summed E-state index contributed by atoms with van der Waals surface area (Å²) in [5.41, 5.74) is 1.76. The van der Waals surface area contributed by atoms with E-state index >= 15 is 0 Å². The van der Waals surface area contributed by atoms with Crippen LogP contribution in [0.5, 0.6) is 0 Å². The molecule has 9 heteroatoms. The molecule has 2 fully saturated rings. The number of ketones is 1. The molecule has 4 unspecified atom stereocenters. The van der Waals surface area contributed by atoms with Crippen LogP contribution >= 0.6 is 0 Å². The Morgan fingerprint density at radius 2 is 1.31 bits per heavy atom. The Hall–Kier alpha value is -4.79. The number of carboxylic acid groups (broad SMARTS) is 1. The first kappa shape index (κ1) is 25.8. The highest BCUT2D eigenvalue weighted by Crippen LogP contribution is 2.37. The minimum absolute atomic E-state index is 0.345. The van der Waals surface area contributed by atoms with E-state index in [1.807, 2.05) is 60.7 Å². The molecule has 3 aromatic carbocycles. The van der Waals surface area contributed by atoms with Gasteiger partial charge in [0, 0.05) is 5.92 Å². The van der Waals surface area contributed by atoms with Crippen LogP contribution in [0.15, 0.2) is 91.0 Å². The summed E-state index contributed by atoms with van der Waals surface area (Å²) in [6, 6.07) is 22.9. The van der Waals surface area contributed by atoms with E-state index in [2.05, 4.69) is 5.32 Å². The van der Waals surface area contributed by atoms with Gasteiger partial charge < -0.3 is 20.1 Å². The standard InChI is InChI=1S/C30H26N2O7/c1-17-23(29(36)37)32-24(25(17)33)22(28(32)35)31-27(34)21(18-11-5-2-6-12-18)30(38)39-26(19-13-7-3-8-14-19)20-15-9-4-10-16-20/h2-17,21-24,26H,1H3,(H,31,34)(H,36,37)/t17?,21?,22?,23?,24-/m0/s1. The number of nitrogens with zero attached hydrogens (tertiary/aromatic N) is 1. The molecule has 5 atom stereocenters. The summed E-state index contributed by atoms with van der Waals surface area (Å²) in [7, 11) is 0. The number of hydrogen-bond donors (Lipinski definition) is 2. The van der Waals surface area contributed by atoms with Crippen molar-refractivity contribution in [2.45, 2.75) is 37.1 Å². The van der Waals surface area contributed by atoms with Gasteiger partial charge in [-0.3, -0.25) is 19.2 Å². The van der Waals surface area contributed by atoms with Crippen molar-refractivity contribution in [2.24, 2.45) is 5.92 Å². The van der Waals surface area contributed by atoms with Gasteiger partial charge in [-0.05, 0) is 16.7 Å². The molecule has 39 heavy (non-hydrogen) atoms. The van der Waals surface area contributed by atoms with Crippen LogP contribution in [0.1, 0.15) is 35.6 Å². The maximum absolute atomic E-state index is 13.7. The number of ether oxygens (including phenoxy) is 1. The van der Waals surface area contributed by atoms with E-state index in [1.54, 1.807) is 30.3 Å². The number of aliphatic carboxylic acids is 1. The van der Waals surface area contributed by atoms with E-state index in [-0.39, 0.29) is 0 Å². The van der Waals surface area contributed by atoms with Crippen molar-refractivity contribution in [3.63, 3.8) is 0 Å². The van der Waals surface area contributed by atoms with Gasteiger partial charge >= 0.3 is 11.9 Å². The highest BCUT2D eigenvalue weighted by atomic mass is 16.5. The first-order chi connectivity index (χ1) is 18.8. The fourth-order valence-corrected chi connectivity index (χ4v) is 5.31. The number of hydrogen-bond acceptors (Lipinski definition) is 6. The van der Waals surface area contributed by atoms with Gasteiger partial charge in [0.05, 0.1) is 0 Å². The number of rotatable bonds is 8. The molecule has 0 bridgehead atoms. The van der Waals surface area contributed by atoms with Crippen LogP contribution in [0.4, 0.5) is 0 Å². The number of amides is 2. The van der Waals surface area contributed by atoms with Crippen LogP contribution in [-0.2, 0) is 28.7 Å². The fraction of sp³-hybridized carbons (Fsp3) is 0.233. The molecule has 0 radical (unpaired) electrons. The molecule has 0 saturated carbocycles. The third kappa shape index (κ3) is 4.67. The Labute approximate surface area is 224 Å². The van der Waals surface area contributed by atoms with Crippen molar-refractivity contribution >= 4 is 29.5 Å². The third-order valence-electron chi connectivity index (χ3n) is 7.27. The van der Waals surface area contributed by atoms with Crippen molar-refractivity contribution in [1.29, 1.82) is 0 Å². The average Bonchev–Trinajstić information content (AvgIpc) is 3.19. The van der Waals surface area contributed by atoms with Crippen molar-refractivity contribution in [3.05, 3.63) is 108 Å². The van der Waals surface area contributed by atoms with Gasteiger partial charge in [-0.2, -0.15) is 0 Å². The molecule has 198 valence electrons. The molecule has 5 rings (SSSR count). The van der Waals surface area contributed by atoms with E-state index in [4.69, 9.17) is 4.74 Å². The van der Waals surface area contributed by atoms with Gasteiger partial charge in [-0.25, -0.2) is 4.79 Å². The second-order valence-electron chi connectivity index (χ2n) is 9.63. The Bertz CT molecular complexity index is 1370. The number of fused-ring (bicyclic) bond motifs is 1. The first-order valence-electron chi connectivity index (χ1n) is 12.5. The van der Waals surface area contributed by atoms with Gasteiger partial charge in [0.15, 0.2) is 17.8 Å². The summed E-state index contributed by atoms with van der Waals surface area (Å²) >= 11 is 0. The second-order valence-corrected chi connectivity index (χ2v) is 9.63. The quantitative estimate of drug-likeness (QED) is 0.262. The summed E-state index contributed by atoms with van der Waals surface area (Å²) in [5, 5.41) is 12.0. The van der Waals surface area contributed by atoms with Crippen LogP contribution in [0.3, 0.4) is 0 Å². The number of carbonyl (C=O) groups excluding carboxylic acids is 4.